The third-order valence-electron chi connectivity index (χ3n) is 6.71. The number of hydrogen-bond acceptors (Lipinski definition) is 8. The van der Waals surface area contributed by atoms with Crippen LogP contribution in [0.25, 0.3) is 0 Å². The van der Waals surface area contributed by atoms with Crippen LogP contribution in [0.2, 0.25) is 0 Å². The molecule has 0 saturated heterocycles. The average Bonchev–Trinajstić information content (AvgIpc) is 3.40. The fourth-order valence-corrected chi connectivity index (χ4v) is 5.19. The van der Waals surface area contributed by atoms with Gasteiger partial charge in [-0.05, 0) is 43.2 Å². The van der Waals surface area contributed by atoms with Gasteiger partial charge >= 0.3 is 5.97 Å². The van der Waals surface area contributed by atoms with Crippen molar-refractivity contribution in [1.82, 2.24) is 9.97 Å². The van der Waals surface area contributed by atoms with Crippen molar-refractivity contribution in [2.45, 2.75) is 75.2 Å². The van der Waals surface area contributed by atoms with Crippen molar-refractivity contribution in [3.8, 4) is 0 Å². The van der Waals surface area contributed by atoms with Gasteiger partial charge in [-0.3, -0.25) is 4.79 Å². The molecule has 2 heterocycles. The van der Waals surface area contributed by atoms with Crippen LogP contribution in [0.1, 0.15) is 85.2 Å². The molecule has 1 saturated carbocycles. The van der Waals surface area contributed by atoms with E-state index in [0.717, 1.165) is 11.5 Å². The molecule has 0 radical (unpaired) electrons. The lowest BCUT2D eigenvalue weighted by atomic mass is 9.91. The summed E-state index contributed by atoms with van der Waals surface area (Å²) in [5, 5.41) is 3.45. The summed E-state index contributed by atoms with van der Waals surface area (Å²) in [6.07, 6.45) is 6.22. The smallest absolute Gasteiger partial charge is 0.337 e. The summed E-state index contributed by atoms with van der Waals surface area (Å²) in [6, 6.07) is 12.6. The highest BCUT2D eigenvalue weighted by molar-refractivity contribution is 7.98. The molecule has 0 atom stereocenters. The Bertz CT molecular complexity index is 1280. The van der Waals surface area contributed by atoms with Gasteiger partial charge < -0.3 is 19.4 Å². The predicted octanol–water partition coefficient (Wildman–Crippen LogP) is 6.47. The number of ether oxygens (including phenoxy) is 1. The molecule has 2 aromatic heterocycles. The van der Waals surface area contributed by atoms with E-state index >= 15 is 0 Å². The van der Waals surface area contributed by atoms with E-state index in [4.69, 9.17) is 19.1 Å². The minimum Gasteiger partial charge on any atom is -0.465 e. The second-order valence-electron chi connectivity index (χ2n) is 10.6. The van der Waals surface area contributed by atoms with Crippen molar-refractivity contribution in [2.24, 2.45) is 0 Å². The van der Waals surface area contributed by atoms with E-state index in [1.165, 1.54) is 51.0 Å². The standard InChI is InChI=1S/C29H36N4O4S/c1-29(2,3)24-17-25(33(4)21-12-7-6-8-13-21)32-28(31-24)38-18-22-14-15-23(37-22)26(34)30-20-11-9-10-19(16-20)27(35)36-5/h9-11,14-17,21H,6-8,12-13,18H2,1-5H3,(H,30,34). The van der Waals surface area contributed by atoms with Gasteiger partial charge in [0.1, 0.15) is 11.6 Å². The Hall–Kier alpha value is -3.33. The molecule has 8 nitrogen and oxygen atoms in total. The highest BCUT2D eigenvalue weighted by Crippen LogP contribution is 2.31. The summed E-state index contributed by atoms with van der Waals surface area (Å²) in [5.74, 6) is 1.41. The van der Waals surface area contributed by atoms with Crippen LogP contribution in [-0.2, 0) is 15.9 Å². The van der Waals surface area contributed by atoms with Crippen LogP contribution in [0.4, 0.5) is 11.5 Å². The summed E-state index contributed by atoms with van der Waals surface area (Å²) in [7, 11) is 3.45. The third-order valence-corrected chi connectivity index (χ3v) is 7.58. The molecule has 38 heavy (non-hydrogen) atoms. The molecule has 9 heteroatoms. The topological polar surface area (TPSA) is 97.6 Å². The number of carbonyl (C=O) groups excluding carboxylic acids is 2. The molecule has 0 bridgehead atoms. The number of hydrogen-bond donors (Lipinski definition) is 1. The normalized spacial score (nSPS) is 14.2. The Balaban J connectivity index is 1.44. The first-order valence-corrected chi connectivity index (χ1v) is 14.0. The number of esters is 1. The number of nitrogens with one attached hydrogen (secondary N) is 1. The number of thioether (sulfide) groups is 1. The van der Waals surface area contributed by atoms with Crippen LogP contribution in [0.15, 0.2) is 52.0 Å². The molecule has 1 aliphatic rings. The summed E-state index contributed by atoms with van der Waals surface area (Å²) >= 11 is 1.49. The van der Waals surface area contributed by atoms with Gasteiger partial charge in [0, 0.05) is 30.3 Å². The molecule has 1 amide bonds. The zero-order chi connectivity index (χ0) is 27.3. The first kappa shape index (κ1) is 27.7. The summed E-state index contributed by atoms with van der Waals surface area (Å²) in [5.41, 5.74) is 1.73. The highest BCUT2D eigenvalue weighted by Gasteiger charge is 2.24. The van der Waals surface area contributed by atoms with Crippen molar-refractivity contribution in [3.05, 3.63) is 65.2 Å². The van der Waals surface area contributed by atoms with Gasteiger partial charge in [-0.25, -0.2) is 14.8 Å². The molecular weight excluding hydrogens is 500 g/mol. The monoisotopic (exact) mass is 536 g/mol. The lowest BCUT2D eigenvalue weighted by molar-refractivity contribution is 0.0600. The van der Waals surface area contributed by atoms with Gasteiger partial charge in [0.15, 0.2) is 10.9 Å². The first-order valence-electron chi connectivity index (χ1n) is 13.0. The quantitative estimate of drug-likeness (QED) is 0.199. The second-order valence-corrected chi connectivity index (χ2v) is 11.6. The van der Waals surface area contributed by atoms with Gasteiger partial charge in [0.25, 0.3) is 5.91 Å². The van der Waals surface area contributed by atoms with Crippen molar-refractivity contribution in [1.29, 1.82) is 0 Å². The van der Waals surface area contributed by atoms with E-state index in [1.54, 1.807) is 36.4 Å². The molecule has 1 aliphatic carbocycles. The fourth-order valence-electron chi connectivity index (χ4n) is 4.45. The number of rotatable bonds is 8. The van der Waals surface area contributed by atoms with Crippen LogP contribution >= 0.6 is 11.8 Å². The molecule has 0 unspecified atom stereocenters. The summed E-state index contributed by atoms with van der Waals surface area (Å²) in [4.78, 5) is 36.5. The Morgan fingerprint density at radius 2 is 1.87 bits per heavy atom. The van der Waals surface area contributed by atoms with Gasteiger partial charge in [-0.15, -0.1) is 0 Å². The third kappa shape index (κ3) is 6.95. The van der Waals surface area contributed by atoms with E-state index in [-0.39, 0.29) is 11.2 Å². The number of amides is 1. The lowest BCUT2D eigenvalue weighted by Gasteiger charge is -2.33. The van der Waals surface area contributed by atoms with E-state index in [2.05, 4.69) is 44.1 Å². The van der Waals surface area contributed by atoms with Gasteiger partial charge in [-0.2, -0.15) is 0 Å². The number of nitrogens with zero attached hydrogens (tertiary/aromatic N) is 3. The second kappa shape index (κ2) is 12.0. The molecule has 1 fully saturated rings. The number of carbonyl (C=O) groups is 2. The van der Waals surface area contributed by atoms with Crippen LogP contribution in [0.3, 0.4) is 0 Å². The zero-order valence-electron chi connectivity index (χ0n) is 22.7. The predicted molar refractivity (Wildman–Crippen MR) is 150 cm³/mol. The largest absolute Gasteiger partial charge is 0.465 e. The van der Waals surface area contributed by atoms with Crippen LogP contribution in [0.5, 0.6) is 0 Å². The van der Waals surface area contributed by atoms with Crippen molar-refractivity contribution >= 4 is 35.1 Å². The van der Waals surface area contributed by atoms with Gasteiger partial charge in [-0.1, -0.05) is 57.9 Å². The molecule has 202 valence electrons. The van der Waals surface area contributed by atoms with Crippen LogP contribution in [0, 0.1) is 0 Å². The van der Waals surface area contributed by atoms with E-state index < -0.39 is 11.9 Å². The van der Waals surface area contributed by atoms with E-state index in [0.29, 0.717) is 34.0 Å². The zero-order valence-corrected chi connectivity index (χ0v) is 23.6. The maximum atomic E-state index is 12.7. The lowest BCUT2D eigenvalue weighted by Crippen LogP contribution is -2.34. The minimum atomic E-state index is -0.468. The molecular formula is C29H36N4O4S. The minimum absolute atomic E-state index is 0.110. The van der Waals surface area contributed by atoms with Crippen molar-refractivity contribution < 1.29 is 18.7 Å². The number of aromatic nitrogens is 2. The van der Waals surface area contributed by atoms with Gasteiger partial charge in [0.05, 0.1) is 24.1 Å². The summed E-state index contributed by atoms with van der Waals surface area (Å²) < 4.78 is 10.6. The first-order chi connectivity index (χ1) is 18.1. The average molecular weight is 537 g/mol. The van der Waals surface area contributed by atoms with Crippen LogP contribution in [-0.4, -0.2) is 42.0 Å². The maximum absolute atomic E-state index is 12.7. The maximum Gasteiger partial charge on any atom is 0.337 e. The fraction of sp³-hybridized carbons (Fsp3) is 0.448. The number of furan rings is 1. The van der Waals surface area contributed by atoms with Gasteiger partial charge in [0.2, 0.25) is 0 Å². The van der Waals surface area contributed by atoms with Crippen molar-refractivity contribution in [2.75, 3.05) is 24.4 Å². The highest BCUT2D eigenvalue weighted by atomic mass is 32.2. The van der Waals surface area contributed by atoms with Crippen molar-refractivity contribution in [3.63, 3.8) is 0 Å². The molecule has 3 aromatic rings. The van der Waals surface area contributed by atoms with Crippen LogP contribution < -0.4 is 10.2 Å². The van der Waals surface area contributed by atoms with E-state index in [1.807, 2.05) is 0 Å². The molecule has 1 N–H and O–H groups in total. The molecule has 0 aliphatic heterocycles. The molecule has 0 spiro atoms. The molecule has 1 aromatic carbocycles. The molecule has 4 rings (SSSR count). The SMILES string of the molecule is COC(=O)c1cccc(NC(=O)c2ccc(CSc3nc(N(C)C4CCCCC4)cc(C(C)(C)C)n3)o2)c1. The Morgan fingerprint density at radius 3 is 2.58 bits per heavy atom. The number of anilines is 2. The van der Waals surface area contributed by atoms with E-state index in [9.17, 15) is 9.59 Å². The Kier molecular flexibility index (Phi) is 8.76. The Morgan fingerprint density at radius 1 is 1.11 bits per heavy atom. The summed E-state index contributed by atoms with van der Waals surface area (Å²) in [6.45, 7) is 6.48. The number of benzene rings is 1. The Labute approximate surface area is 228 Å². The number of methoxy groups -OCH3 is 1.